The second-order valence-corrected chi connectivity index (χ2v) is 9.58. The van der Waals surface area contributed by atoms with Crippen molar-refractivity contribution in [2.75, 3.05) is 5.73 Å². The highest BCUT2D eigenvalue weighted by Crippen LogP contribution is 2.40. The average molecular weight is 587 g/mol. The molecule has 1 aromatic carbocycles. The van der Waals surface area contributed by atoms with Crippen LogP contribution in [0.5, 0.6) is 5.88 Å². The molecule has 0 bridgehead atoms. The standard InChI is InChI=1S/C25H26ClF3N6O3.ClH/c1-13-8-9-35(34-13)20-11-16(26)6-7-17(20)22(25(27,28)29)38-21-12-19(32-24(31)33-21)15-4-2-14(3-5-15)10-18(30)23(36)37;/h4,6-9,11-12,14,18,22H,2-3,5,10,30H2,1H3,(H,36,37)(H2,31,32,33);1H/t14-,18?,22+;/m0./s1. The molecule has 0 saturated heterocycles. The molecule has 0 fully saturated rings. The molecule has 0 radical (unpaired) electrons. The first kappa shape index (κ1) is 30.2. The summed E-state index contributed by atoms with van der Waals surface area (Å²) in [5.74, 6) is -1.57. The number of hydrogen-bond donors (Lipinski definition) is 3. The quantitative estimate of drug-likeness (QED) is 0.323. The molecule has 2 aromatic heterocycles. The maximum absolute atomic E-state index is 14.3. The second-order valence-electron chi connectivity index (χ2n) is 9.14. The molecule has 3 aromatic rings. The van der Waals surface area contributed by atoms with E-state index >= 15 is 0 Å². The third-order valence-electron chi connectivity index (χ3n) is 6.25. The van der Waals surface area contributed by atoms with Crippen LogP contribution in [-0.2, 0) is 4.79 Å². The number of hydrogen-bond acceptors (Lipinski definition) is 7. The lowest BCUT2D eigenvalue weighted by atomic mass is 9.84. The Morgan fingerprint density at radius 1 is 1.28 bits per heavy atom. The maximum Gasteiger partial charge on any atom is 0.429 e. The lowest BCUT2D eigenvalue weighted by molar-refractivity contribution is -0.198. The number of allylic oxidation sites excluding steroid dienone is 2. The molecule has 14 heteroatoms. The summed E-state index contributed by atoms with van der Waals surface area (Å²) < 4.78 is 49.7. The fraction of sp³-hybridized carbons (Fsp3) is 0.360. The molecule has 0 spiro atoms. The van der Waals surface area contributed by atoms with Crippen LogP contribution >= 0.6 is 24.0 Å². The van der Waals surface area contributed by atoms with Gasteiger partial charge in [-0.1, -0.05) is 23.7 Å². The van der Waals surface area contributed by atoms with Crippen molar-refractivity contribution in [3.63, 3.8) is 0 Å². The van der Waals surface area contributed by atoms with Crippen LogP contribution in [0.15, 0.2) is 42.6 Å². The highest BCUT2D eigenvalue weighted by Gasteiger charge is 2.45. The minimum atomic E-state index is -4.81. The molecule has 0 amide bonds. The number of anilines is 1. The fourth-order valence-electron chi connectivity index (χ4n) is 4.38. The van der Waals surface area contributed by atoms with Gasteiger partial charge < -0.3 is 21.3 Å². The minimum absolute atomic E-state index is 0. The van der Waals surface area contributed by atoms with E-state index in [0.717, 1.165) is 5.57 Å². The number of rotatable bonds is 8. The third-order valence-corrected chi connectivity index (χ3v) is 6.49. The van der Waals surface area contributed by atoms with Gasteiger partial charge in [0.1, 0.15) is 6.04 Å². The molecule has 1 aliphatic rings. The zero-order valence-electron chi connectivity index (χ0n) is 20.7. The first-order valence-electron chi connectivity index (χ1n) is 11.8. The van der Waals surface area contributed by atoms with Crippen molar-refractivity contribution < 1.29 is 27.8 Å². The summed E-state index contributed by atoms with van der Waals surface area (Å²) in [7, 11) is 0. The lowest BCUT2D eigenvalue weighted by Crippen LogP contribution is -2.32. The Bertz CT molecular complexity index is 1370. The van der Waals surface area contributed by atoms with Crippen LogP contribution in [0.1, 0.15) is 48.7 Å². The number of carboxylic acids is 1. The molecule has 1 aliphatic carbocycles. The molecular weight excluding hydrogens is 560 g/mol. The van der Waals surface area contributed by atoms with Crippen LogP contribution in [0.2, 0.25) is 5.02 Å². The molecule has 39 heavy (non-hydrogen) atoms. The van der Waals surface area contributed by atoms with E-state index in [1.54, 1.807) is 13.0 Å². The van der Waals surface area contributed by atoms with E-state index in [1.807, 2.05) is 6.08 Å². The van der Waals surface area contributed by atoms with Crippen molar-refractivity contribution in [1.29, 1.82) is 0 Å². The van der Waals surface area contributed by atoms with Crippen LogP contribution in [0.4, 0.5) is 19.1 Å². The number of alkyl halides is 3. The van der Waals surface area contributed by atoms with Gasteiger partial charge in [-0.15, -0.1) is 12.4 Å². The van der Waals surface area contributed by atoms with Crippen molar-refractivity contribution in [2.24, 2.45) is 11.7 Å². The van der Waals surface area contributed by atoms with Crippen LogP contribution < -0.4 is 16.2 Å². The molecule has 2 heterocycles. The predicted octanol–water partition coefficient (Wildman–Crippen LogP) is 5.30. The van der Waals surface area contributed by atoms with Gasteiger partial charge in [-0.05, 0) is 62.3 Å². The van der Waals surface area contributed by atoms with Crippen molar-refractivity contribution in [2.45, 2.75) is 50.9 Å². The molecule has 9 nitrogen and oxygen atoms in total. The van der Waals surface area contributed by atoms with E-state index in [-0.39, 0.29) is 46.4 Å². The zero-order valence-corrected chi connectivity index (χ0v) is 22.3. The van der Waals surface area contributed by atoms with Gasteiger partial charge in [0.15, 0.2) is 0 Å². The number of aliphatic carboxylic acids is 1. The SMILES string of the molecule is Cc1ccn(-c2cc(Cl)ccc2[C@@H](Oc2cc(C3=CC[C@H](CC(N)C(=O)O)CC3)nc(N)n2)C(F)(F)F)n1.Cl. The summed E-state index contributed by atoms with van der Waals surface area (Å²) in [6, 6.07) is 5.99. The number of nitrogens with two attached hydrogens (primary N) is 2. The summed E-state index contributed by atoms with van der Waals surface area (Å²) in [6.45, 7) is 1.71. The summed E-state index contributed by atoms with van der Waals surface area (Å²) >= 11 is 6.09. The molecule has 5 N–H and O–H groups in total. The van der Waals surface area contributed by atoms with Crippen LogP contribution in [0, 0.1) is 12.8 Å². The summed E-state index contributed by atoms with van der Waals surface area (Å²) in [6.07, 6.45) is -1.76. The van der Waals surface area contributed by atoms with Gasteiger partial charge in [0.2, 0.25) is 17.9 Å². The monoisotopic (exact) mass is 586 g/mol. The van der Waals surface area contributed by atoms with Crippen molar-refractivity contribution >= 4 is 41.5 Å². The second kappa shape index (κ2) is 12.2. The molecule has 3 atom stereocenters. The highest BCUT2D eigenvalue weighted by molar-refractivity contribution is 6.30. The predicted molar refractivity (Wildman–Crippen MR) is 142 cm³/mol. The number of ether oxygens (including phenoxy) is 1. The number of aromatic nitrogens is 4. The molecule has 0 saturated carbocycles. The largest absolute Gasteiger partial charge is 0.480 e. The van der Waals surface area contributed by atoms with Crippen molar-refractivity contribution in [1.82, 2.24) is 19.7 Å². The summed E-state index contributed by atoms with van der Waals surface area (Å²) in [5, 5.41) is 13.5. The van der Waals surface area contributed by atoms with Gasteiger partial charge in [0.25, 0.3) is 0 Å². The fourth-order valence-corrected chi connectivity index (χ4v) is 4.54. The highest BCUT2D eigenvalue weighted by atomic mass is 35.5. The molecule has 4 rings (SSSR count). The first-order valence-corrected chi connectivity index (χ1v) is 12.2. The Hall–Kier alpha value is -3.35. The van der Waals surface area contributed by atoms with Crippen LogP contribution in [0.3, 0.4) is 0 Å². The van der Waals surface area contributed by atoms with Gasteiger partial charge in [0.05, 0.1) is 17.1 Å². The number of aryl methyl sites for hydroxylation is 1. The topological polar surface area (TPSA) is 142 Å². The Kier molecular flexibility index (Phi) is 9.47. The first-order chi connectivity index (χ1) is 17.9. The Morgan fingerprint density at radius 2 is 2.03 bits per heavy atom. The zero-order chi connectivity index (χ0) is 27.6. The van der Waals surface area contributed by atoms with Crippen LogP contribution in [0.25, 0.3) is 11.3 Å². The Balaban J connectivity index is 0.00000420. The van der Waals surface area contributed by atoms with E-state index in [0.29, 0.717) is 37.1 Å². The Labute approximate surface area is 233 Å². The lowest BCUT2D eigenvalue weighted by Gasteiger charge is -2.25. The van der Waals surface area contributed by atoms with Gasteiger partial charge in [-0.2, -0.15) is 23.3 Å². The summed E-state index contributed by atoms with van der Waals surface area (Å²) in [5.41, 5.74) is 13.1. The normalized spacial score (nSPS) is 17.1. The third kappa shape index (κ3) is 7.40. The smallest absolute Gasteiger partial charge is 0.429 e. The van der Waals surface area contributed by atoms with Crippen LogP contribution in [-0.4, -0.2) is 43.0 Å². The molecule has 210 valence electrons. The van der Waals surface area contributed by atoms with Gasteiger partial charge in [0, 0.05) is 22.8 Å². The summed E-state index contributed by atoms with van der Waals surface area (Å²) in [4.78, 5) is 19.1. The number of benzene rings is 1. The van der Waals surface area contributed by atoms with E-state index in [2.05, 4.69) is 15.1 Å². The van der Waals surface area contributed by atoms with Gasteiger partial charge in [-0.3, -0.25) is 4.79 Å². The van der Waals surface area contributed by atoms with E-state index < -0.39 is 24.3 Å². The van der Waals surface area contributed by atoms with Gasteiger partial charge >= 0.3 is 12.1 Å². The van der Waals surface area contributed by atoms with Gasteiger partial charge in [-0.25, -0.2) is 9.67 Å². The number of carboxylic acid groups (broad SMARTS) is 1. The molecule has 1 unspecified atom stereocenters. The minimum Gasteiger partial charge on any atom is -0.480 e. The van der Waals surface area contributed by atoms with E-state index in [1.165, 1.54) is 35.1 Å². The number of nitrogens with zero attached hydrogens (tertiary/aromatic N) is 4. The van der Waals surface area contributed by atoms with Crippen molar-refractivity contribution in [3.05, 3.63) is 64.6 Å². The average Bonchev–Trinajstić information content (AvgIpc) is 3.28. The number of halogens is 5. The van der Waals surface area contributed by atoms with E-state index in [4.69, 9.17) is 32.9 Å². The number of nitrogen functional groups attached to an aromatic ring is 1. The molecular formula is C25H27Cl2F3N6O3. The molecule has 0 aliphatic heterocycles. The maximum atomic E-state index is 14.3. The van der Waals surface area contributed by atoms with Crippen molar-refractivity contribution in [3.8, 4) is 11.6 Å². The van der Waals surface area contributed by atoms with E-state index in [9.17, 15) is 18.0 Å². The number of carbonyl (C=O) groups is 1. The Morgan fingerprint density at radius 3 is 2.62 bits per heavy atom.